The maximum absolute atomic E-state index is 10.7. The number of nitrogens with two attached hydrogens (primary N) is 1. The Balaban J connectivity index is 1.71. The van der Waals surface area contributed by atoms with Crippen LogP contribution in [0.5, 0.6) is 17.2 Å². The van der Waals surface area contributed by atoms with Crippen LogP contribution in [-0.4, -0.2) is 32.1 Å². The van der Waals surface area contributed by atoms with Gasteiger partial charge in [0.05, 0.1) is 12.8 Å². The van der Waals surface area contributed by atoms with Gasteiger partial charge in [0, 0.05) is 5.56 Å². The van der Waals surface area contributed by atoms with Gasteiger partial charge in [0.15, 0.2) is 0 Å². The van der Waals surface area contributed by atoms with Crippen molar-refractivity contribution in [2.45, 2.75) is 32.6 Å². The molecule has 0 spiro atoms. The summed E-state index contributed by atoms with van der Waals surface area (Å²) < 4.78 is 17.2. The molecule has 7 heteroatoms. The Morgan fingerprint density at radius 3 is 2.28 bits per heavy atom. The third-order valence-corrected chi connectivity index (χ3v) is 4.00. The predicted octanol–water partition coefficient (Wildman–Crippen LogP) is 4.11. The first-order valence-corrected chi connectivity index (χ1v) is 9.85. The standard InChI is InChI=1S/C22H29N3O4/c1-2-3-4-7-14-27-19-10-12-20(13-11-19)28-15-16-29-21-9-6-5-8-18(21)17-24-25-22(23)26/h5-6,8-13,17H,2-4,7,14-16H2,1H3,(H3,23,25,26)/b24-17-. The smallest absolute Gasteiger partial charge is 0.332 e. The monoisotopic (exact) mass is 399 g/mol. The van der Waals surface area contributed by atoms with Crippen LogP contribution in [0.3, 0.4) is 0 Å². The van der Waals surface area contributed by atoms with E-state index in [0.717, 1.165) is 30.1 Å². The van der Waals surface area contributed by atoms with Crippen molar-refractivity contribution in [3.8, 4) is 17.2 Å². The number of unbranched alkanes of at least 4 members (excludes halogenated alkanes) is 3. The highest BCUT2D eigenvalue weighted by molar-refractivity contribution is 5.84. The predicted molar refractivity (Wildman–Crippen MR) is 114 cm³/mol. The Bertz CT molecular complexity index is 763. The van der Waals surface area contributed by atoms with E-state index in [1.54, 1.807) is 0 Å². The summed E-state index contributed by atoms with van der Waals surface area (Å²) in [6, 6.07) is 14.2. The second-order valence-corrected chi connectivity index (χ2v) is 6.35. The van der Waals surface area contributed by atoms with Gasteiger partial charge in [-0.05, 0) is 42.8 Å². The summed E-state index contributed by atoms with van der Waals surface area (Å²) in [6.45, 7) is 3.69. The molecule has 7 nitrogen and oxygen atoms in total. The molecule has 0 heterocycles. The lowest BCUT2D eigenvalue weighted by molar-refractivity contribution is 0.216. The highest BCUT2D eigenvalue weighted by Gasteiger charge is 2.02. The van der Waals surface area contributed by atoms with Gasteiger partial charge in [-0.3, -0.25) is 0 Å². The number of urea groups is 1. The van der Waals surface area contributed by atoms with Crippen molar-refractivity contribution < 1.29 is 19.0 Å². The zero-order chi connectivity index (χ0) is 20.7. The van der Waals surface area contributed by atoms with Crippen molar-refractivity contribution in [1.82, 2.24) is 5.43 Å². The zero-order valence-corrected chi connectivity index (χ0v) is 16.8. The van der Waals surface area contributed by atoms with Gasteiger partial charge in [-0.25, -0.2) is 10.2 Å². The van der Waals surface area contributed by atoms with E-state index in [1.807, 2.05) is 48.5 Å². The number of hydrogen-bond donors (Lipinski definition) is 2. The fraction of sp³-hybridized carbons (Fsp3) is 0.364. The van der Waals surface area contributed by atoms with Gasteiger partial charge in [-0.2, -0.15) is 5.10 Å². The summed E-state index contributed by atoms with van der Waals surface area (Å²) in [5.74, 6) is 2.24. The number of amides is 2. The van der Waals surface area contributed by atoms with Crippen LogP contribution >= 0.6 is 0 Å². The van der Waals surface area contributed by atoms with Gasteiger partial charge >= 0.3 is 6.03 Å². The highest BCUT2D eigenvalue weighted by Crippen LogP contribution is 2.19. The van der Waals surface area contributed by atoms with Crippen molar-refractivity contribution in [3.05, 3.63) is 54.1 Å². The minimum Gasteiger partial charge on any atom is -0.494 e. The van der Waals surface area contributed by atoms with Crippen molar-refractivity contribution in [2.24, 2.45) is 10.8 Å². The molecule has 0 unspecified atom stereocenters. The van der Waals surface area contributed by atoms with Crippen LogP contribution in [0.15, 0.2) is 53.6 Å². The Hall–Kier alpha value is -3.22. The zero-order valence-electron chi connectivity index (χ0n) is 16.8. The minimum absolute atomic E-state index is 0.365. The van der Waals surface area contributed by atoms with Crippen LogP contribution in [0.2, 0.25) is 0 Å². The maximum Gasteiger partial charge on any atom is 0.332 e. The number of hydrogen-bond acceptors (Lipinski definition) is 5. The molecule has 0 aliphatic rings. The molecule has 2 amide bonds. The second kappa shape index (κ2) is 13.0. The molecule has 0 fully saturated rings. The first-order valence-electron chi connectivity index (χ1n) is 9.85. The Kier molecular flexibility index (Phi) is 9.93. The number of para-hydroxylation sites is 1. The highest BCUT2D eigenvalue weighted by atomic mass is 16.5. The molecule has 0 saturated heterocycles. The number of hydrazone groups is 1. The Labute approximate surface area is 171 Å². The lowest BCUT2D eigenvalue weighted by Gasteiger charge is -2.11. The van der Waals surface area contributed by atoms with Crippen LogP contribution in [0.1, 0.15) is 38.2 Å². The van der Waals surface area contributed by atoms with E-state index < -0.39 is 6.03 Å². The normalized spacial score (nSPS) is 10.7. The number of ether oxygens (including phenoxy) is 3. The fourth-order valence-corrected chi connectivity index (χ4v) is 2.55. The number of nitrogens with one attached hydrogen (secondary N) is 1. The van der Waals surface area contributed by atoms with E-state index >= 15 is 0 Å². The third-order valence-electron chi connectivity index (χ3n) is 4.00. The van der Waals surface area contributed by atoms with Gasteiger partial charge in [-0.1, -0.05) is 38.3 Å². The molecule has 0 aromatic heterocycles. The summed E-state index contributed by atoms with van der Waals surface area (Å²) in [5.41, 5.74) is 7.86. The van der Waals surface area contributed by atoms with Gasteiger partial charge in [0.25, 0.3) is 0 Å². The molecule has 3 N–H and O–H groups in total. The molecular formula is C22H29N3O4. The topological polar surface area (TPSA) is 95.2 Å². The van der Waals surface area contributed by atoms with Crippen LogP contribution < -0.4 is 25.4 Å². The summed E-state index contributed by atoms with van der Waals surface area (Å²) in [4.78, 5) is 10.7. The number of carbonyl (C=O) groups is 1. The van der Waals surface area contributed by atoms with E-state index in [0.29, 0.717) is 19.0 Å². The second-order valence-electron chi connectivity index (χ2n) is 6.35. The van der Waals surface area contributed by atoms with Gasteiger partial charge < -0.3 is 19.9 Å². The maximum atomic E-state index is 10.7. The molecule has 2 rings (SSSR count). The number of nitrogens with zero attached hydrogens (tertiary/aromatic N) is 1. The molecular weight excluding hydrogens is 370 g/mol. The van der Waals surface area contributed by atoms with Crippen LogP contribution in [0.25, 0.3) is 0 Å². The number of rotatable bonds is 13. The largest absolute Gasteiger partial charge is 0.494 e. The molecule has 0 aliphatic carbocycles. The van der Waals surface area contributed by atoms with E-state index in [9.17, 15) is 4.79 Å². The first kappa shape index (κ1) is 22.1. The van der Waals surface area contributed by atoms with Gasteiger partial charge in [-0.15, -0.1) is 0 Å². The van der Waals surface area contributed by atoms with Crippen molar-refractivity contribution in [3.63, 3.8) is 0 Å². The van der Waals surface area contributed by atoms with E-state index in [4.69, 9.17) is 19.9 Å². The Morgan fingerprint density at radius 1 is 0.931 bits per heavy atom. The summed E-state index contributed by atoms with van der Waals surface area (Å²) in [7, 11) is 0. The first-order chi connectivity index (χ1) is 14.2. The van der Waals surface area contributed by atoms with Crippen LogP contribution in [0.4, 0.5) is 4.79 Å². The molecule has 0 aliphatic heterocycles. The lowest BCUT2D eigenvalue weighted by Crippen LogP contribution is -2.24. The van der Waals surface area contributed by atoms with Crippen LogP contribution in [-0.2, 0) is 0 Å². The molecule has 2 aromatic rings. The average molecular weight is 399 g/mol. The number of primary amides is 1. The molecule has 0 radical (unpaired) electrons. The summed E-state index contributed by atoms with van der Waals surface area (Å²) in [6.07, 6.45) is 6.23. The Morgan fingerprint density at radius 2 is 1.59 bits per heavy atom. The SMILES string of the molecule is CCCCCCOc1ccc(OCCOc2ccccc2/C=N\NC(N)=O)cc1. The van der Waals surface area contributed by atoms with Crippen molar-refractivity contribution in [2.75, 3.05) is 19.8 Å². The average Bonchev–Trinajstić information content (AvgIpc) is 2.73. The molecule has 29 heavy (non-hydrogen) atoms. The van der Waals surface area contributed by atoms with E-state index in [-0.39, 0.29) is 0 Å². The van der Waals surface area contributed by atoms with Gasteiger partial charge in [0.2, 0.25) is 0 Å². The van der Waals surface area contributed by atoms with E-state index in [2.05, 4.69) is 17.5 Å². The lowest BCUT2D eigenvalue weighted by atomic mass is 10.2. The minimum atomic E-state index is -0.721. The third kappa shape index (κ3) is 9.01. The summed E-state index contributed by atoms with van der Waals surface area (Å²) >= 11 is 0. The van der Waals surface area contributed by atoms with Crippen molar-refractivity contribution >= 4 is 12.2 Å². The molecule has 0 bridgehead atoms. The molecule has 2 aromatic carbocycles. The molecule has 156 valence electrons. The number of carbonyl (C=O) groups excluding carboxylic acids is 1. The van der Waals surface area contributed by atoms with Crippen molar-refractivity contribution in [1.29, 1.82) is 0 Å². The van der Waals surface area contributed by atoms with Crippen LogP contribution in [0, 0.1) is 0 Å². The van der Waals surface area contributed by atoms with E-state index in [1.165, 1.54) is 25.5 Å². The van der Waals surface area contributed by atoms with Gasteiger partial charge in [0.1, 0.15) is 30.5 Å². The molecule has 0 saturated carbocycles. The number of benzene rings is 2. The fourth-order valence-electron chi connectivity index (χ4n) is 2.55. The molecule has 0 atom stereocenters. The quantitative estimate of drug-likeness (QED) is 0.301. The summed E-state index contributed by atoms with van der Waals surface area (Å²) in [5, 5.41) is 3.75.